The Bertz CT molecular complexity index is 962. The first-order valence-corrected chi connectivity index (χ1v) is 10.3. The summed E-state index contributed by atoms with van der Waals surface area (Å²) in [5.41, 5.74) is 1.72. The molecule has 0 saturated heterocycles. The van der Waals surface area contributed by atoms with Crippen LogP contribution in [0.1, 0.15) is 23.8 Å². The van der Waals surface area contributed by atoms with Crippen molar-refractivity contribution in [2.24, 2.45) is 0 Å². The van der Waals surface area contributed by atoms with E-state index in [1.54, 1.807) is 23.0 Å². The third-order valence-corrected chi connectivity index (χ3v) is 6.33. The van der Waals surface area contributed by atoms with Crippen molar-refractivity contribution in [3.8, 4) is 11.4 Å². The molecular formula is C19H22N2O3S2. The SMILES string of the molecule is CCCc1sc2nc(SCCO)n(-c3ccc(OC)cc3)c(=O)c2c1C. The van der Waals surface area contributed by atoms with Crippen molar-refractivity contribution >= 4 is 33.3 Å². The highest BCUT2D eigenvalue weighted by molar-refractivity contribution is 7.99. The maximum absolute atomic E-state index is 13.3. The second-order valence-corrected chi connectivity index (χ2v) is 8.03. The molecular weight excluding hydrogens is 368 g/mol. The van der Waals surface area contributed by atoms with Crippen LogP contribution in [0.15, 0.2) is 34.2 Å². The van der Waals surface area contributed by atoms with Crippen molar-refractivity contribution < 1.29 is 9.84 Å². The van der Waals surface area contributed by atoms with Gasteiger partial charge >= 0.3 is 0 Å². The number of benzene rings is 1. The summed E-state index contributed by atoms with van der Waals surface area (Å²) in [5, 5.41) is 10.5. The Morgan fingerprint density at radius 3 is 2.65 bits per heavy atom. The summed E-state index contributed by atoms with van der Waals surface area (Å²) >= 11 is 2.99. The van der Waals surface area contributed by atoms with Gasteiger partial charge in [-0.3, -0.25) is 9.36 Å². The average molecular weight is 391 g/mol. The predicted octanol–water partition coefficient (Wildman–Crippen LogP) is 3.80. The molecule has 2 heterocycles. The summed E-state index contributed by atoms with van der Waals surface area (Å²) in [6.45, 7) is 4.17. The number of aliphatic hydroxyl groups is 1. The van der Waals surface area contributed by atoms with E-state index >= 15 is 0 Å². The van der Waals surface area contributed by atoms with Gasteiger partial charge in [0.25, 0.3) is 5.56 Å². The summed E-state index contributed by atoms with van der Waals surface area (Å²) in [5.74, 6) is 1.22. The Morgan fingerprint density at radius 2 is 2.04 bits per heavy atom. The molecule has 0 radical (unpaired) electrons. The standard InChI is InChI=1S/C19H22N2O3S2/c1-4-5-15-12(2)16-17(26-15)20-19(25-11-10-22)21(18(16)23)13-6-8-14(24-3)9-7-13/h6-9,22H,4-5,10-11H2,1-3H3. The molecule has 26 heavy (non-hydrogen) atoms. The van der Waals surface area contributed by atoms with Crippen LogP contribution in [0.5, 0.6) is 5.75 Å². The second kappa shape index (κ2) is 8.24. The van der Waals surface area contributed by atoms with Crippen LogP contribution >= 0.6 is 23.1 Å². The van der Waals surface area contributed by atoms with Gasteiger partial charge < -0.3 is 9.84 Å². The van der Waals surface area contributed by atoms with Gasteiger partial charge in [-0.15, -0.1) is 11.3 Å². The summed E-state index contributed by atoms with van der Waals surface area (Å²) in [6.07, 6.45) is 1.99. The molecule has 5 nitrogen and oxygen atoms in total. The lowest BCUT2D eigenvalue weighted by molar-refractivity contribution is 0.322. The Morgan fingerprint density at radius 1 is 1.31 bits per heavy atom. The van der Waals surface area contributed by atoms with Gasteiger partial charge in [-0.05, 0) is 43.2 Å². The van der Waals surface area contributed by atoms with Crippen molar-refractivity contribution in [2.75, 3.05) is 19.5 Å². The number of aromatic nitrogens is 2. The number of ether oxygens (including phenoxy) is 1. The third-order valence-electron chi connectivity index (χ3n) is 4.16. The molecule has 0 spiro atoms. The van der Waals surface area contributed by atoms with Gasteiger partial charge in [-0.25, -0.2) is 4.98 Å². The highest BCUT2D eigenvalue weighted by Gasteiger charge is 2.19. The molecule has 0 atom stereocenters. The summed E-state index contributed by atoms with van der Waals surface area (Å²) in [4.78, 5) is 20.1. The van der Waals surface area contributed by atoms with Gasteiger partial charge in [0.1, 0.15) is 10.6 Å². The minimum Gasteiger partial charge on any atom is -0.497 e. The van der Waals surface area contributed by atoms with E-state index in [4.69, 9.17) is 9.72 Å². The molecule has 0 amide bonds. The van der Waals surface area contributed by atoms with Crippen LogP contribution in [0.25, 0.3) is 15.9 Å². The number of hydrogen-bond donors (Lipinski definition) is 1. The number of rotatable bonds is 7. The molecule has 0 aliphatic carbocycles. The number of aliphatic hydroxyl groups excluding tert-OH is 1. The number of aryl methyl sites for hydroxylation is 2. The summed E-state index contributed by atoms with van der Waals surface area (Å²) < 4.78 is 6.85. The largest absolute Gasteiger partial charge is 0.497 e. The summed E-state index contributed by atoms with van der Waals surface area (Å²) in [6, 6.07) is 7.36. The monoisotopic (exact) mass is 390 g/mol. The topological polar surface area (TPSA) is 64.3 Å². The molecule has 3 rings (SSSR count). The lowest BCUT2D eigenvalue weighted by Gasteiger charge is -2.12. The minimum absolute atomic E-state index is 0.0335. The number of nitrogens with zero attached hydrogens (tertiary/aromatic N) is 2. The van der Waals surface area contributed by atoms with Gasteiger partial charge in [0, 0.05) is 10.6 Å². The highest BCUT2D eigenvalue weighted by Crippen LogP contribution is 2.31. The smallest absolute Gasteiger partial charge is 0.267 e. The van der Waals surface area contributed by atoms with Crippen LogP contribution in [0.2, 0.25) is 0 Å². The number of hydrogen-bond acceptors (Lipinski definition) is 6. The molecule has 3 aromatic rings. The average Bonchev–Trinajstić information content (AvgIpc) is 2.96. The molecule has 1 aromatic carbocycles. The van der Waals surface area contributed by atoms with E-state index in [1.807, 2.05) is 31.2 Å². The minimum atomic E-state index is -0.0586. The molecule has 0 aliphatic rings. The van der Waals surface area contributed by atoms with E-state index in [0.717, 1.165) is 34.7 Å². The Kier molecular flexibility index (Phi) is 6.01. The second-order valence-electron chi connectivity index (χ2n) is 5.89. The molecule has 0 fully saturated rings. The van der Waals surface area contributed by atoms with Crippen molar-refractivity contribution in [3.05, 3.63) is 45.1 Å². The zero-order chi connectivity index (χ0) is 18.7. The molecule has 0 saturated carbocycles. The molecule has 0 unspecified atom stereocenters. The van der Waals surface area contributed by atoms with E-state index in [2.05, 4.69) is 6.92 Å². The van der Waals surface area contributed by atoms with Gasteiger partial charge in [-0.2, -0.15) is 0 Å². The molecule has 0 bridgehead atoms. The Labute approximate surface area is 160 Å². The van der Waals surface area contributed by atoms with E-state index in [0.29, 0.717) is 16.3 Å². The zero-order valence-electron chi connectivity index (χ0n) is 15.1. The third kappa shape index (κ3) is 3.51. The van der Waals surface area contributed by atoms with Gasteiger partial charge in [0.05, 0.1) is 24.8 Å². The fraction of sp³-hybridized carbons (Fsp3) is 0.368. The molecule has 0 aliphatic heterocycles. The lowest BCUT2D eigenvalue weighted by Crippen LogP contribution is -2.21. The fourth-order valence-electron chi connectivity index (χ4n) is 2.87. The number of methoxy groups -OCH3 is 1. The van der Waals surface area contributed by atoms with Gasteiger partial charge in [-0.1, -0.05) is 25.1 Å². The van der Waals surface area contributed by atoms with Crippen molar-refractivity contribution in [1.29, 1.82) is 0 Å². The molecule has 1 N–H and O–H groups in total. The van der Waals surface area contributed by atoms with Crippen LogP contribution in [0, 0.1) is 6.92 Å². The maximum Gasteiger partial charge on any atom is 0.267 e. The number of thiophene rings is 1. The molecule has 2 aromatic heterocycles. The van der Waals surface area contributed by atoms with Crippen molar-refractivity contribution in [2.45, 2.75) is 31.8 Å². The first-order valence-electron chi connectivity index (χ1n) is 8.53. The van der Waals surface area contributed by atoms with Gasteiger partial charge in [0.2, 0.25) is 0 Å². The van der Waals surface area contributed by atoms with E-state index in [1.165, 1.54) is 16.6 Å². The van der Waals surface area contributed by atoms with E-state index in [-0.39, 0.29) is 12.2 Å². The van der Waals surface area contributed by atoms with Crippen LogP contribution < -0.4 is 10.3 Å². The van der Waals surface area contributed by atoms with Crippen molar-refractivity contribution in [3.63, 3.8) is 0 Å². The van der Waals surface area contributed by atoms with Crippen LogP contribution in [0.4, 0.5) is 0 Å². The maximum atomic E-state index is 13.3. The van der Waals surface area contributed by atoms with Crippen LogP contribution in [-0.4, -0.2) is 34.1 Å². The quantitative estimate of drug-likeness (QED) is 0.491. The predicted molar refractivity (Wildman–Crippen MR) is 108 cm³/mol. The molecule has 7 heteroatoms. The van der Waals surface area contributed by atoms with Crippen molar-refractivity contribution in [1.82, 2.24) is 9.55 Å². The van der Waals surface area contributed by atoms with E-state index < -0.39 is 0 Å². The number of fused-ring (bicyclic) bond motifs is 1. The first-order chi connectivity index (χ1) is 12.6. The Hall–Kier alpha value is -1.83. The lowest BCUT2D eigenvalue weighted by atomic mass is 10.1. The first kappa shape index (κ1) is 18.9. The normalized spacial score (nSPS) is 11.2. The highest BCUT2D eigenvalue weighted by atomic mass is 32.2. The van der Waals surface area contributed by atoms with E-state index in [9.17, 15) is 9.90 Å². The molecule has 138 valence electrons. The Balaban J connectivity index is 2.24. The number of thioether (sulfide) groups is 1. The van der Waals surface area contributed by atoms with Crippen LogP contribution in [0.3, 0.4) is 0 Å². The van der Waals surface area contributed by atoms with Crippen LogP contribution in [-0.2, 0) is 6.42 Å². The fourth-order valence-corrected chi connectivity index (χ4v) is 4.94. The summed E-state index contributed by atoms with van der Waals surface area (Å²) in [7, 11) is 1.61. The van der Waals surface area contributed by atoms with Gasteiger partial charge in [0.15, 0.2) is 5.16 Å². The zero-order valence-corrected chi connectivity index (χ0v) is 16.7.